The highest BCUT2D eigenvalue weighted by Crippen LogP contribution is 2.22. The molecule has 31 heavy (non-hydrogen) atoms. The highest BCUT2D eigenvalue weighted by atomic mass is 32.2. The van der Waals surface area contributed by atoms with E-state index in [1.807, 2.05) is 0 Å². The molecule has 5 nitrogen and oxygen atoms in total. The third-order valence-corrected chi connectivity index (χ3v) is 7.19. The van der Waals surface area contributed by atoms with Crippen LogP contribution < -0.4 is 9.62 Å². The Morgan fingerprint density at radius 1 is 0.871 bits per heavy atom. The molecule has 1 N–H and O–H groups in total. The Labute approximate surface area is 184 Å². The number of hydrogen-bond donors (Lipinski definition) is 1. The van der Waals surface area contributed by atoms with Gasteiger partial charge in [-0.25, -0.2) is 8.42 Å². The van der Waals surface area contributed by atoms with Crippen molar-refractivity contribution >= 4 is 21.6 Å². The van der Waals surface area contributed by atoms with Crippen molar-refractivity contribution in [3.8, 4) is 0 Å². The second-order valence-corrected chi connectivity index (χ2v) is 9.29. The zero-order valence-corrected chi connectivity index (χ0v) is 18.9. The number of anilines is 1. The first kappa shape index (κ1) is 22.6. The molecule has 0 unspecified atom stereocenters. The SMILES string of the molecule is CCc1ccc(CC)c(CNC(=O)c2ccc(N(C)S(=O)(=O)c3ccccc3)cc2)c1. The van der Waals surface area contributed by atoms with Gasteiger partial charge in [-0.15, -0.1) is 0 Å². The number of rotatable bonds is 8. The number of carbonyl (C=O) groups excluding carboxylic acids is 1. The molecular weight excluding hydrogens is 408 g/mol. The monoisotopic (exact) mass is 436 g/mol. The smallest absolute Gasteiger partial charge is 0.264 e. The van der Waals surface area contributed by atoms with Crippen molar-refractivity contribution in [1.82, 2.24) is 5.32 Å². The lowest BCUT2D eigenvalue weighted by Gasteiger charge is -2.19. The lowest BCUT2D eigenvalue weighted by atomic mass is 10.0. The minimum atomic E-state index is -3.65. The predicted octanol–water partition coefficient (Wildman–Crippen LogP) is 4.57. The molecule has 0 radical (unpaired) electrons. The quantitative estimate of drug-likeness (QED) is 0.563. The summed E-state index contributed by atoms with van der Waals surface area (Å²) in [6.07, 6.45) is 1.86. The molecule has 3 aromatic carbocycles. The van der Waals surface area contributed by atoms with Gasteiger partial charge in [-0.2, -0.15) is 0 Å². The molecule has 0 aromatic heterocycles. The lowest BCUT2D eigenvalue weighted by Crippen LogP contribution is -2.27. The Bertz CT molecular complexity index is 1140. The summed E-state index contributed by atoms with van der Waals surface area (Å²) >= 11 is 0. The molecule has 0 saturated heterocycles. The first-order valence-electron chi connectivity index (χ1n) is 10.4. The molecule has 162 valence electrons. The Kier molecular flexibility index (Phi) is 7.13. The molecule has 0 saturated carbocycles. The topological polar surface area (TPSA) is 66.5 Å². The summed E-state index contributed by atoms with van der Waals surface area (Å²) in [6.45, 7) is 4.67. The molecule has 0 atom stereocenters. The van der Waals surface area contributed by atoms with Crippen LogP contribution in [0.5, 0.6) is 0 Å². The molecule has 0 aliphatic carbocycles. The normalized spacial score (nSPS) is 11.2. The van der Waals surface area contributed by atoms with Gasteiger partial charge in [0, 0.05) is 19.2 Å². The Morgan fingerprint density at radius 3 is 2.16 bits per heavy atom. The van der Waals surface area contributed by atoms with E-state index >= 15 is 0 Å². The van der Waals surface area contributed by atoms with E-state index in [1.54, 1.807) is 54.6 Å². The summed E-state index contributed by atoms with van der Waals surface area (Å²) in [5, 5.41) is 2.98. The van der Waals surface area contributed by atoms with Crippen LogP contribution in [0.2, 0.25) is 0 Å². The zero-order chi connectivity index (χ0) is 22.4. The number of sulfonamides is 1. The van der Waals surface area contributed by atoms with Crippen molar-refractivity contribution in [2.75, 3.05) is 11.4 Å². The minimum Gasteiger partial charge on any atom is -0.348 e. The fraction of sp³-hybridized carbons (Fsp3) is 0.240. The molecule has 3 aromatic rings. The van der Waals surface area contributed by atoms with Gasteiger partial charge < -0.3 is 5.32 Å². The molecule has 3 rings (SSSR count). The largest absolute Gasteiger partial charge is 0.348 e. The van der Waals surface area contributed by atoms with Crippen LogP contribution in [0.15, 0.2) is 77.7 Å². The maximum atomic E-state index is 12.8. The van der Waals surface area contributed by atoms with Crippen LogP contribution in [0.1, 0.15) is 40.9 Å². The summed E-state index contributed by atoms with van der Waals surface area (Å²) in [7, 11) is -2.15. The number of aryl methyl sites for hydroxylation is 2. The van der Waals surface area contributed by atoms with Crippen LogP contribution in [0.3, 0.4) is 0 Å². The van der Waals surface area contributed by atoms with E-state index in [9.17, 15) is 13.2 Å². The van der Waals surface area contributed by atoms with Crippen molar-refractivity contribution in [2.24, 2.45) is 0 Å². The average Bonchev–Trinajstić information content (AvgIpc) is 2.82. The van der Waals surface area contributed by atoms with Gasteiger partial charge in [-0.3, -0.25) is 9.10 Å². The first-order chi connectivity index (χ1) is 14.9. The molecule has 0 heterocycles. The molecule has 0 spiro atoms. The van der Waals surface area contributed by atoms with Crippen LogP contribution >= 0.6 is 0 Å². The van der Waals surface area contributed by atoms with E-state index in [4.69, 9.17) is 0 Å². The van der Waals surface area contributed by atoms with Gasteiger partial charge in [0.05, 0.1) is 10.6 Å². The average molecular weight is 437 g/mol. The van der Waals surface area contributed by atoms with Gasteiger partial charge in [0.2, 0.25) is 0 Å². The van der Waals surface area contributed by atoms with Crippen LogP contribution in [0.4, 0.5) is 5.69 Å². The van der Waals surface area contributed by atoms with E-state index in [-0.39, 0.29) is 10.8 Å². The third kappa shape index (κ3) is 5.14. The number of nitrogens with zero attached hydrogens (tertiary/aromatic N) is 1. The number of benzene rings is 3. The van der Waals surface area contributed by atoms with Crippen molar-refractivity contribution in [3.05, 3.63) is 95.1 Å². The lowest BCUT2D eigenvalue weighted by molar-refractivity contribution is 0.0951. The van der Waals surface area contributed by atoms with Crippen LogP contribution in [-0.2, 0) is 29.4 Å². The van der Waals surface area contributed by atoms with E-state index in [2.05, 4.69) is 37.4 Å². The van der Waals surface area contributed by atoms with Crippen molar-refractivity contribution in [1.29, 1.82) is 0 Å². The van der Waals surface area contributed by atoms with E-state index in [1.165, 1.54) is 22.5 Å². The molecule has 1 amide bonds. The van der Waals surface area contributed by atoms with Crippen molar-refractivity contribution < 1.29 is 13.2 Å². The standard InChI is InChI=1S/C25H28N2O3S/c1-4-19-11-12-20(5-2)22(17-19)18-26-25(28)21-13-15-23(16-14-21)27(3)31(29,30)24-9-7-6-8-10-24/h6-17H,4-5,18H2,1-3H3,(H,26,28). The number of amides is 1. The molecule has 0 aliphatic rings. The molecular formula is C25H28N2O3S. The summed E-state index contributed by atoms with van der Waals surface area (Å²) in [6, 6.07) is 21.2. The van der Waals surface area contributed by atoms with E-state index in [0.29, 0.717) is 17.8 Å². The fourth-order valence-electron chi connectivity index (χ4n) is 3.40. The maximum absolute atomic E-state index is 12.8. The Balaban J connectivity index is 1.71. The summed E-state index contributed by atoms with van der Waals surface area (Å²) in [4.78, 5) is 12.9. The third-order valence-electron chi connectivity index (χ3n) is 5.39. The molecule has 0 fully saturated rings. The maximum Gasteiger partial charge on any atom is 0.264 e. The fourth-order valence-corrected chi connectivity index (χ4v) is 4.61. The minimum absolute atomic E-state index is 0.191. The highest BCUT2D eigenvalue weighted by Gasteiger charge is 2.21. The molecule has 0 aliphatic heterocycles. The molecule has 0 bridgehead atoms. The van der Waals surface area contributed by atoms with Gasteiger partial charge in [-0.05, 0) is 65.9 Å². The second kappa shape index (κ2) is 9.79. The number of nitrogens with one attached hydrogen (secondary N) is 1. The van der Waals surface area contributed by atoms with Gasteiger partial charge in [0.1, 0.15) is 0 Å². The predicted molar refractivity (Wildman–Crippen MR) is 125 cm³/mol. The van der Waals surface area contributed by atoms with Crippen molar-refractivity contribution in [2.45, 2.75) is 38.1 Å². The zero-order valence-electron chi connectivity index (χ0n) is 18.1. The van der Waals surface area contributed by atoms with Crippen LogP contribution in [0, 0.1) is 0 Å². The van der Waals surface area contributed by atoms with E-state index in [0.717, 1.165) is 18.4 Å². The summed E-state index contributed by atoms with van der Waals surface area (Å²) in [5.74, 6) is -0.191. The Hall–Kier alpha value is -3.12. The summed E-state index contributed by atoms with van der Waals surface area (Å²) < 4.78 is 26.8. The van der Waals surface area contributed by atoms with Gasteiger partial charge in [-0.1, -0.05) is 50.2 Å². The van der Waals surface area contributed by atoms with Gasteiger partial charge in [0.25, 0.3) is 15.9 Å². The highest BCUT2D eigenvalue weighted by molar-refractivity contribution is 7.92. The first-order valence-corrected chi connectivity index (χ1v) is 11.8. The number of carbonyl (C=O) groups is 1. The van der Waals surface area contributed by atoms with Crippen LogP contribution in [0.25, 0.3) is 0 Å². The van der Waals surface area contributed by atoms with Gasteiger partial charge in [0.15, 0.2) is 0 Å². The summed E-state index contributed by atoms with van der Waals surface area (Å²) in [5.41, 5.74) is 4.57. The Morgan fingerprint density at radius 2 is 1.55 bits per heavy atom. The van der Waals surface area contributed by atoms with Crippen LogP contribution in [-0.4, -0.2) is 21.4 Å². The molecule has 6 heteroatoms. The number of hydrogen-bond acceptors (Lipinski definition) is 3. The van der Waals surface area contributed by atoms with Crippen molar-refractivity contribution in [3.63, 3.8) is 0 Å². The van der Waals surface area contributed by atoms with E-state index < -0.39 is 10.0 Å². The van der Waals surface area contributed by atoms with Gasteiger partial charge >= 0.3 is 0 Å². The second-order valence-electron chi connectivity index (χ2n) is 7.33.